The Kier molecular flexibility index (Phi) is 13.0. The Bertz CT molecular complexity index is 1730. The maximum atomic E-state index is 12.0. The summed E-state index contributed by atoms with van der Waals surface area (Å²) in [6.45, 7) is 0. The summed E-state index contributed by atoms with van der Waals surface area (Å²) < 4.78 is 67.7. The predicted octanol–water partition coefficient (Wildman–Crippen LogP) is -0.664. The maximum Gasteiger partial charge on any atom is 1.00 e. The average Bonchev–Trinajstić information content (AvgIpc) is 2.90. The predicted molar refractivity (Wildman–Crippen MR) is 142 cm³/mol. The molecule has 0 aliphatic rings. The number of benzene rings is 4. The third kappa shape index (κ3) is 10.0. The van der Waals surface area contributed by atoms with Crippen LogP contribution in [0.1, 0.15) is 11.1 Å². The molecule has 0 fully saturated rings. The molecule has 0 saturated heterocycles. The van der Waals surface area contributed by atoms with E-state index in [-0.39, 0.29) is 104 Å². The molecule has 42 heavy (non-hydrogen) atoms. The van der Waals surface area contributed by atoms with E-state index in [1.54, 1.807) is 0 Å². The fraction of sp³-hybridized carbons (Fsp3) is 0. The Morgan fingerprint density at radius 1 is 0.524 bits per heavy atom. The van der Waals surface area contributed by atoms with Gasteiger partial charge in [0, 0.05) is 0 Å². The monoisotopic (exact) mass is 624 g/mol. The summed E-state index contributed by atoms with van der Waals surface area (Å²) in [6, 6.07) is 18.4. The van der Waals surface area contributed by atoms with Crippen molar-refractivity contribution >= 4 is 55.1 Å². The van der Waals surface area contributed by atoms with Gasteiger partial charge >= 0.3 is 70.2 Å². The third-order valence-corrected chi connectivity index (χ3v) is 7.05. The summed E-state index contributed by atoms with van der Waals surface area (Å²) in [5.41, 5.74) is 0.826. The quantitative estimate of drug-likeness (QED) is 0.111. The molecule has 16 heteroatoms. The molecule has 0 unspecified atom stereocenters. The number of hydrogen-bond acceptors (Lipinski definition) is 10. The van der Waals surface area contributed by atoms with Crippen LogP contribution in [0.5, 0.6) is 11.5 Å². The number of azo groups is 2. The second-order valence-corrected chi connectivity index (χ2v) is 10.9. The molecule has 4 aromatic carbocycles. The molecule has 0 heterocycles. The number of hydrogen-bond donors (Lipinski definition) is 2. The topological polar surface area (TPSA) is 204 Å². The van der Waals surface area contributed by atoms with Gasteiger partial charge in [-0.15, -0.1) is 11.5 Å². The minimum absolute atomic E-state index is 0. The first-order chi connectivity index (χ1) is 18.9. The van der Waals surface area contributed by atoms with E-state index >= 15 is 0 Å². The van der Waals surface area contributed by atoms with E-state index < -0.39 is 30.0 Å². The van der Waals surface area contributed by atoms with Crippen molar-refractivity contribution in [1.29, 1.82) is 0 Å². The molecule has 12 nitrogen and oxygen atoms in total. The second kappa shape index (κ2) is 15.3. The number of rotatable bonds is 8. The van der Waals surface area contributed by atoms with Crippen LogP contribution in [0.4, 0.5) is 22.7 Å². The number of nitrogens with zero attached hydrogens (tertiary/aromatic N) is 4. The molecule has 2 N–H and O–H groups in total. The van der Waals surface area contributed by atoms with Crippen LogP contribution in [-0.4, -0.2) is 25.9 Å². The van der Waals surface area contributed by atoms with Crippen LogP contribution < -0.4 is 80.5 Å². The Morgan fingerprint density at radius 2 is 0.810 bits per heavy atom. The molecular weight excluding hydrogens is 606 g/mol. The molecule has 0 aliphatic heterocycles. The van der Waals surface area contributed by atoms with E-state index in [1.165, 1.54) is 84.9 Å². The van der Waals surface area contributed by atoms with Crippen LogP contribution in [0, 0.1) is 0 Å². The Balaban J connectivity index is 0.00000308. The van der Waals surface area contributed by atoms with Crippen molar-refractivity contribution in [2.45, 2.75) is 9.79 Å². The summed E-state index contributed by atoms with van der Waals surface area (Å²) in [6.07, 6.45) is 2.46. The van der Waals surface area contributed by atoms with Crippen LogP contribution in [0.15, 0.2) is 115 Å². The fourth-order valence-electron chi connectivity index (χ4n) is 3.33. The molecule has 0 saturated carbocycles. The van der Waals surface area contributed by atoms with Crippen molar-refractivity contribution in [3.05, 3.63) is 96.1 Å². The van der Waals surface area contributed by atoms with Gasteiger partial charge in [-0.2, -0.15) is 37.3 Å². The smallest absolute Gasteiger partial charge is 0.872 e. The van der Waals surface area contributed by atoms with Gasteiger partial charge in [0.15, 0.2) is 0 Å². The first-order valence-electron chi connectivity index (χ1n) is 11.2. The molecule has 0 radical (unpaired) electrons. The Morgan fingerprint density at radius 3 is 1.12 bits per heavy atom. The van der Waals surface area contributed by atoms with Gasteiger partial charge in [0.25, 0.3) is 20.2 Å². The molecule has 0 bridgehead atoms. The molecule has 0 spiro atoms. The van der Waals surface area contributed by atoms with E-state index in [9.17, 15) is 36.2 Å². The first kappa shape index (κ1) is 35.7. The zero-order valence-corrected chi connectivity index (χ0v) is 26.9. The van der Waals surface area contributed by atoms with Gasteiger partial charge in [-0.1, -0.05) is 48.6 Å². The van der Waals surface area contributed by atoms with Crippen LogP contribution in [0.25, 0.3) is 12.2 Å². The first-order valence-corrected chi connectivity index (χ1v) is 14.1. The van der Waals surface area contributed by atoms with Crippen molar-refractivity contribution < 1.29 is 106 Å². The SMILES string of the molecule is O=S(=O)(O)c1cc(N=Nc2ccc([O-])cc2)ccc1/C=C/c1ccc(N=Nc2ccc([O-])cc2)cc1S(=O)(=O)O.[K+].[Li+]. The van der Waals surface area contributed by atoms with Crippen molar-refractivity contribution in [3.63, 3.8) is 0 Å². The molecule has 4 aromatic rings. The molecule has 0 aliphatic carbocycles. The maximum absolute atomic E-state index is 12.0. The van der Waals surface area contributed by atoms with Gasteiger partial charge in [-0.3, -0.25) is 9.11 Å². The molecule has 0 aromatic heterocycles. The Labute approximate surface area is 296 Å². The molecular formula is C26H18KLiN4O8S2. The van der Waals surface area contributed by atoms with Crippen LogP contribution >= 0.6 is 0 Å². The minimum Gasteiger partial charge on any atom is -0.872 e. The van der Waals surface area contributed by atoms with Gasteiger partial charge in [-0.25, -0.2) is 0 Å². The van der Waals surface area contributed by atoms with Crippen LogP contribution in [-0.2, 0) is 20.2 Å². The molecule has 4 rings (SSSR count). The van der Waals surface area contributed by atoms with E-state index in [0.717, 1.165) is 12.1 Å². The second-order valence-electron chi connectivity index (χ2n) is 8.12. The normalized spacial score (nSPS) is 12.0. The molecule has 0 atom stereocenters. The summed E-state index contributed by atoms with van der Waals surface area (Å²) in [5, 5.41) is 38.1. The largest absolute Gasteiger partial charge is 1.00 e. The summed E-state index contributed by atoms with van der Waals surface area (Å²) in [7, 11) is -9.48. The van der Waals surface area contributed by atoms with Crippen LogP contribution in [0.2, 0.25) is 0 Å². The zero-order valence-electron chi connectivity index (χ0n) is 22.2. The van der Waals surface area contributed by atoms with E-state index in [1.807, 2.05) is 0 Å². The molecule has 204 valence electrons. The van der Waals surface area contributed by atoms with Crippen LogP contribution in [0.3, 0.4) is 0 Å². The van der Waals surface area contributed by atoms with Crippen molar-refractivity contribution in [2.75, 3.05) is 0 Å². The summed E-state index contributed by atoms with van der Waals surface area (Å²) in [5.74, 6) is -0.432. The zero-order chi connectivity index (χ0) is 28.9. The van der Waals surface area contributed by atoms with Crippen molar-refractivity contribution in [1.82, 2.24) is 0 Å². The minimum atomic E-state index is -4.74. The standard InChI is InChI=1S/C26H20N4O8S2.K.Li/c31-23-11-7-19(8-12-23)27-29-21-5-3-17(25(15-21)39(33,34)35)1-2-18-4-6-22(16-26(18)40(36,37)38)30-28-20-9-13-24(32)14-10-20;;/h1-16,31-32H,(H,33,34,35)(H,36,37,38);;/q;2*+1/p-2/b2-1+,29-27?,30-28?;;. The van der Waals surface area contributed by atoms with Gasteiger partial charge in [0.05, 0.1) is 22.7 Å². The Hall–Kier alpha value is -2.53. The van der Waals surface area contributed by atoms with Gasteiger partial charge in [0.2, 0.25) is 0 Å². The van der Waals surface area contributed by atoms with Gasteiger partial charge < -0.3 is 10.2 Å². The van der Waals surface area contributed by atoms with Crippen molar-refractivity contribution in [3.8, 4) is 11.5 Å². The van der Waals surface area contributed by atoms with Crippen molar-refractivity contribution in [2.24, 2.45) is 20.5 Å². The van der Waals surface area contributed by atoms with Gasteiger partial charge in [0.1, 0.15) is 9.79 Å². The average molecular weight is 625 g/mol. The molecule has 0 amide bonds. The van der Waals surface area contributed by atoms with E-state index in [0.29, 0.717) is 11.4 Å². The summed E-state index contributed by atoms with van der Waals surface area (Å²) >= 11 is 0. The summed E-state index contributed by atoms with van der Waals surface area (Å²) in [4.78, 5) is -1.06. The van der Waals surface area contributed by atoms with E-state index in [2.05, 4.69) is 20.5 Å². The third-order valence-electron chi connectivity index (χ3n) is 5.23. The van der Waals surface area contributed by atoms with E-state index in [4.69, 9.17) is 0 Å². The van der Waals surface area contributed by atoms with Gasteiger partial charge in [-0.05, 0) is 59.7 Å². The fourth-order valence-corrected chi connectivity index (χ4v) is 4.74.